The number of ether oxygens (including phenoxy) is 2. The minimum absolute atomic E-state index is 0.145. The Kier molecular flexibility index (Phi) is 4.36. The number of aromatic nitrogens is 2. The Hall–Kier alpha value is -1.92. The number of halogens is 2. The van der Waals surface area contributed by atoms with Crippen molar-refractivity contribution in [2.45, 2.75) is 6.04 Å². The van der Waals surface area contributed by atoms with Crippen molar-refractivity contribution in [1.29, 1.82) is 0 Å². The molecule has 20 heavy (non-hydrogen) atoms. The van der Waals surface area contributed by atoms with Crippen LogP contribution in [-0.4, -0.2) is 24.2 Å². The molecule has 0 saturated carbocycles. The number of rotatable bonds is 4. The normalized spacial score (nSPS) is 12.1. The molecule has 0 fully saturated rings. The fourth-order valence-corrected chi connectivity index (χ4v) is 2.05. The van der Waals surface area contributed by atoms with Gasteiger partial charge in [-0.05, 0) is 12.1 Å². The second kappa shape index (κ2) is 6.02. The predicted molar refractivity (Wildman–Crippen MR) is 72.6 cm³/mol. The molecule has 0 aliphatic rings. The Morgan fingerprint density at radius 2 is 2.05 bits per heavy atom. The van der Waals surface area contributed by atoms with Gasteiger partial charge in [-0.15, -0.1) is 0 Å². The number of benzene rings is 1. The molecule has 2 rings (SSSR count). The maximum Gasteiger partial charge on any atom is 0.240 e. The van der Waals surface area contributed by atoms with E-state index in [4.69, 9.17) is 26.8 Å². The largest absolute Gasteiger partial charge is 0.480 e. The second-order valence-electron chi connectivity index (χ2n) is 3.92. The average molecular weight is 298 g/mol. The number of hydrogen-bond acceptors (Lipinski definition) is 5. The Morgan fingerprint density at radius 3 is 2.65 bits per heavy atom. The van der Waals surface area contributed by atoms with Crippen molar-refractivity contribution in [3.63, 3.8) is 0 Å². The van der Waals surface area contributed by atoms with Crippen LogP contribution >= 0.6 is 11.6 Å². The molecule has 0 saturated heterocycles. The van der Waals surface area contributed by atoms with Gasteiger partial charge in [0.15, 0.2) is 0 Å². The van der Waals surface area contributed by atoms with Crippen LogP contribution in [0.3, 0.4) is 0 Å². The van der Waals surface area contributed by atoms with Crippen LogP contribution in [0.1, 0.15) is 17.3 Å². The first-order valence-corrected chi connectivity index (χ1v) is 6.10. The van der Waals surface area contributed by atoms with Gasteiger partial charge in [-0.25, -0.2) is 9.37 Å². The zero-order valence-electron chi connectivity index (χ0n) is 10.9. The van der Waals surface area contributed by atoms with Crippen molar-refractivity contribution in [1.82, 2.24) is 9.97 Å². The van der Waals surface area contributed by atoms with E-state index < -0.39 is 11.9 Å². The van der Waals surface area contributed by atoms with Crippen LogP contribution in [0.5, 0.6) is 11.8 Å². The SMILES string of the molecule is COc1cnc(C(N)c2c(F)cccc2Cl)c(OC)n1. The molecular formula is C13H13ClFN3O2. The Labute approximate surface area is 120 Å². The van der Waals surface area contributed by atoms with Crippen molar-refractivity contribution in [2.24, 2.45) is 5.73 Å². The lowest BCUT2D eigenvalue weighted by molar-refractivity contribution is 0.355. The standard InChI is InChI=1S/C13H13ClFN3O2/c1-19-9-6-17-12(13(18-9)20-2)11(16)10-7(14)4-3-5-8(10)15/h3-6,11H,16H2,1-2H3. The van der Waals surface area contributed by atoms with Gasteiger partial charge in [0.1, 0.15) is 11.5 Å². The van der Waals surface area contributed by atoms with Crippen LogP contribution in [-0.2, 0) is 0 Å². The molecule has 0 aliphatic heterocycles. The maximum atomic E-state index is 13.9. The first kappa shape index (κ1) is 14.5. The molecule has 0 radical (unpaired) electrons. The topological polar surface area (TPSA) is 70.3 Å². The molecule has 1 aromatic heterocycles. The summed E-state index contributed by atoms with van der Waals surface area (Å²) in [7, 11) is 2.87. The lowest BCUT2D eigenvalue weighted by atomic mass is 10.0. The highest BCUT2D eigenvalue weighted by molar-refractivity contribution is 6.31. The molecular weight excluding hydrogens is 285 g/mol. The van der Waals surface area contributed by atoms with Crippen molar-refractivity contribution < 1.29 is 13.9 Å². The van der Waals surface area contributed by atoms with Crippen LogP contribution in [0.2, 0.25) is 5.02 Å². The fourth-order valence-electron chi connectivity index (χ4n) is 1.77. The van der Waals surface area contributed by atoms with Gasteiger partial charge in [-0.2, -0.15) is 4.98 Å². The smallest absolute Gasteiger partial charge is 0.240 e. The van der Waals surface area contributed by atoms with Gasteiger partial charge in [0, 0.05) is 10.6 Å². The molecule has 1 heterocycles. The van der Waals surface area contributed by atoms with E-state index >= 15 is 0 Å². The Morgan fingerprint density at radius 1 is 1.30 bits per heavy atom. The molecule has 1 atom stereocenters. The van der Waals surface area contributed by atoms with Gasteiger partial charge < -0.3 is 15.2 Å². The first-order valence-electron chi connectivity index (χ1n) is 5.73. The van der Waals surface area contributed by atoms with E-state index in [1.54, 1.807) is 6.07 Å². The lowest BCUT2D eigenvalue weighted by Gasteiger charge is -2.16. The van der Waals surface area contributed by atoms with E-state index in [2.05, 4.69) is 9.97 Å². The van der Waals surface area contributed by atoms with Gasteiger partial charge in [-0.3, -0.25) is 0 Å². The van der Waals surface area contributed by atoms with Gasteiger partial charge in [0.05, 0.1) is 26.5 Å². The van der Waals surface area contributed by atoms with Gasteiger partial charge in [-0.1, -0.05) is 17.7 Å². The van der Waals surface area contributed by atoms with Crippen molar-refractivity contribution in [3.8, 4) is 11.8 Å². The fraction of sp³-hybridized carbons (Fsp3) is 0.231. The van der Waals surface area contributed by atoms with E-state index in [9.17, 15) is 4.39 Å². The summed E-state index contributed by atoms with van der Waals surface area (Å²) >= 11 is 5.99. The van der Waals surface area contributed by atoms with Crippen LogP contribution < -0.4 is 15.2 Å². The van der Waals surface area contributed by atoms with Gasteiger partial charge in [0.25, 0.3) is 0 Å². The second-order valence-corrected chi connectivity index (χ2v) is 4.33. The summed E-state index contributed by atoms with van der Waals surface area (Å²) in [4.78, 5) is 8.18. The molecule has 5 nitrogen and oxygen atoms in total. The first-order chi connectivity index (χ1) is 9.58. The number of nitrogens with zero attached hydrogens (tertiary/aromatic N) is 2. The Bertz CT molecular complexity index is 604. The van der Waals surface area contributed by atoms with Crippen LogP contribution in [0.25, 0.3) is 0 Å². The zero-order chi connectivity index (χ0) is 14.7. The van der Waals surface area contributed by atoms with Crippen molar-refractivity contribution >= 4 is 11.6 Å². The molecule has 0 bridgehead atoms. The summed E-state index contributed by atoms with van der Waals surface area (Å²) in [6.07, 6.45) is 1.38. The molecule has 0 amide bonds. The van der Waals surface area contributed by atoms with Crippen molar-refractivity contribution in [3.05, 3.63) is 46.5 Å². The minimum Gasteiger partial charge on any atom is -0.480 e. The highest BCUT2D eigenvalue weighted by Crippen LogP contribution is 2.32. The monoisotopic (exact) mass is 297 g/mol. The number of hydrogen-bond donors (Lipinski definition) is 1. The van der Waals surface area contributed by atoms with E-state index in [1.807, 2.05) is 0 Å². The van der Waals surface area contributed by atoms with Gasteiger partial charge in [0.2, 0.25) is 11.8 Å². The maximum absolute atomic E-state index is 13.9. The third kappa shape index (κ3) is 2.66. The minimum atomic E-state index is -0.892. The predicted octanol–water partition coefficient (Wildman–Crippen LogP) is 2.33. The van der Waals surface area contributed by atoms with E-state index in [0.717, 1.165) is 0 Å². The van der Waals surface area contributed by atoms with E-state index in [1.165, 1.54) is 32.5 Å². The van der Waals surface area contributed by atoms with Crippen LogP contribution in [0.15, 0.2) is 24.4 Å². The summed E-state index contributed by atoms with van der Waals surface area (Å²) < 4.78 is 24.0. The average Bonchev–Trinajstić information content (AvgIpc) is 2.46. The quantitative estimate of drug-likeness (QED) is 0.938. The molecule has 1 unspecified atom stereocenters. The molecule has 2 N–H and O–H groups in total. The van der Waals surface area contributed by atoms with E-state index in [-0.39, 0.29) is 28.0 Å². The summed E-state index contributed by atoms with van der Waals surface area (Å²) in [5.41, 5.74) is 6.46. The zero-order valence-corrected chi connectivity index (χ0v) is 11.7. The molecule has 106 valence electrons. The molecule has 1 aromatic carbocycles. The molecule has 0 spiro atoms. The van der Waals surface area contributed by atoms with E-state index in [0.29, 0.717) is 0 Å². The molecule has 0 aliphatic carbocycles. The summed E-state index contributed by atoms with van der Waals surface area (Å²) in [6, 6.07) is 3.45. The number of methoxy groups -OCH3 is 2. The number of nitrogens with two attached hydrogens (primary N) is 1. The van der Waals surface area contributed by atoms with Gasteiger partial charge >= 0.3 is 0 Å². The summed E-state index contributed by atoms with van der Waals surface area (Å²) in [6.45, 7) is 0. The third-order valence-corrected chi connectivity index (χ3v) is 3.08. The summed E-state index contributed by atoms with van der Waals surface area (Å²) in [5.74, 6) is -0.0710. The highest BCUT2D eigenvalue weighted by atomic mass is 35.5. The lowest BCUT2D eigenvalue weighted by Crippen LogP contribution is -2.17. The van der Waals surface area contributed by atoms with Crippen LogP contribution in [0.4, 0.5) is 4.39 Å². The van der Waals surface area contributed by atoms with Crippen molar-refractivity contribution in [2.75, 3.05) is 14.2 Å². The Balaban J connectivity index is 2.50. The molecule has 2 aromatic rings. The molecule has 7 heteroatoms. The highest BCUT2D eigenvalue weighted by Gasteiger charge is 2.23. The van der Waals surface area contributed by atoms with Crippen LogP contribution in [0, 0.1) is 5.82 Å². The summed E-state index contributed by atoms with van der Waals surface area (Å²) in [5, 5.41) is 0.220. The third-order valence-electron chi connectivity index (χ3n) is 2.75.